The summed E-state index contributed by atoms with van der Waals surface area (Å²) in [6, 6.07) is 3.76. The van der Waals surface area contributed by atoms with Gasteiger partial charge in [0.1, 0.15) is 0 Å². The molecule has 7 heteroatoms. The SMILES string of the molecule is Cc1nc(CC(O)c2ccc(Br)c(C(F)(F)F)c2)sc1C. The van der Waals surface area contributed by atoms with Crippen LogP contribution in [-0.2, 0) is 12.6 Å². The van der Waals surface area contributed by atoms with Crippen molar-refractivity contribution in [3.8, 4) is 0 Å². The molecular formula is C14H13BrF3NOS. The van der Waals surface area contributed by atoms with Crippen LogP contribution in [0.2, 0.25) is 0 Å². The van der Waals surface area contributed by atoms with E-state index in [-0.39, 0.29) is 16.5 Å². The summed E-state index contributed by atoms with van der Waals surface area (Å²) < 4.78 is 38.5. The number of hydrogen-bond acceptors (Lipinski definition) is 3. The lowest BCUT2D eigenvalue weighted by atomic mass is 10.0. The molecule has 1 aromatic heterocycles. The van der Waals surface area contributed by atoms with Gasteiger partial charge in [-0.2, -0.15) is 13.2 Å². The van der Waals surface area contributed by atoms with E-state index >= 15 is 0 Å². The van der Waals surface area contributed by atoms with Gasteiger partial charge < -0.3 is 5.11 Å². The summed E-state index contributed by atoms with van der Waals surface area (Å²) in [5.74, 6) is 0. The van der Waals surface area contributed by atoms with Crippen molar-refractivity contribution in [1.29, 1.82) is 0 Å². The third kappa shape index (κ3) is 3.84. The normalized spacial score (nSPS) is 13.5. The molecule has 1 atom stereocenters. The quantitative estimate of drug-likeness (QED) is 0.829. The summed E-state index contributed by atoms with van der Waals surface area (Å²) in [5.41, 5.74) is 0.329. The standard InChI is InChI=1S/C14H13BrF3NOS/c1-7-8(2)21-13(19-7)6-12(20)9-3-4-11(15)10(5-9)14(16,17)18/h3-5,12,20H,6H2,1-2H3. The molecule has 0 aliphatic rings. The van der Waals surface area contributed by atoms with Crippen LogP contribution in [0.4, 0.5) is 13.2 Å². The van der Waals surface area contributed by atoms with Gasteiger partial charge in [-0.3, -0.25) is 0 Å². The zero-order valence-corrected chi connectivity index (χ0v) is 13.7. The molecule has 2 nitrogen and oxygen atoms in total. The molecule has 0 bridgehead atoms. The molecule has 0 aliphatic carbocycles. The van der Waals surface area contributed by atoms with Crippen molar-refractivity contribution in [1.82, 2.24) is 4.98 Å². The Morgan fingerprint density at radius 3 is 2.52 bits per heavy atom. The van der Waals surface area contributed by atoms with E-state index in [0.717, 1.165) is 16.6 Å². The van der Waals surface area contributed by atoms with E-state index in [1.165, 1.54) is 23.5 Å². The van der Waals surface area contributed by atoms with Crippen molar-refractivity contribution >= 4 is 27.3 Å². The number of benzene rings is 1. The second-order valence-electron chi connectivity index (χ2n) is 4.71. The molecular weight excluding hydrogens is 367 g/mol. The van der Waals surface area contributed by atoms with Crippen LogP contribution in [0.3, 0.4) is 0 Å². The first-order chi connectivity index (χ1) is 9.68. The van der Waals surface area contributed by atoms with Gasteiger partial charge >= 0.3 is 6.18 Å². The average molecular weight is 380 g/mol. The lowest BCUT2D eigenvalue weighted by Gasteiger charge is -2.14. The highest BCUT2D eigenvalue weighted by Crippen LogP contribution is 2.36. The van der Waals surface area contributed by atoms with Crippen molar-refractivity contribution in [2.24, 2.45) is 0 Å². The maximum absolute atomic E-state index is 12.9. The highest BCUT2D eigenvalue weighted by atomic mass is 79.9. The minimum atomic E-state index is -4.46. The van der Waals surface area contributed by atoms with Gasteiger partial charge in [-0.05, 0) is 31.5 Å². The van der Waals surface area contributed by atoms with Crippen molar-refractivity contribution < 1.29 is 18.3 Å². The minimum absolute atomic E-state index is 0.0353. The second-order valence-corrected chi connectivity index (χ2v) is 6.85. The first-order valence-electron chi connectivity index (χ1n) is 6.16. The fourth-order valence-electron chi connectivity index (χ4n) is 1.88. The Morgan fingerprint density at radius 1 is 1.33 bits per heavy atom. The predicted octanol–water partition coefficient (Wildman–Crippen LogP) is 4.82. The largest absolute Gasteiger partial charge is 0.417 e. The molecule has 0 radical (unpaired) electrons. The molecule has 0 saturated heterocycles. The van der Waals surface area contributed by atoms with E-state index in [9.17, 15) is 18.3 Å². The molecule has 1 unspecified atom stereocenters. The number of aromatic nitrogens is 1. The number of aliphatic hydroxyl groups is 1. The Bertz CT molecular complexity index is 635. The molecule has 2 aromatic rings. The van der Waals surface area contributed by atoms with E-state index in [1.807, 2.05) is 13.8 Å². The fraction of sp³-hybridized carbons (Fsp3) is 0.357. The number of alkyl halides is 3. The topological polar surface area (TPSA) is 33.1 Å². The Hall–Kier alpha value is -0.920. The number of nitrogens with zero attached hydrogens (tertiary/aromatic N) is 1. The average Bonchev–Trinajstić information content (AvgIpc) is 2.67. The summed E-state index contributed by atoms with van der Waals surface area (Å²) in [6.07, 6.45) is -5.26. The molecule has 0 saturated carbocycles. The fourth-order valence-corrected chi connectivity index (χ4v) is 3.32. The van der Waals surface area contributed by atoms with Gasteiger partial charge in [-0.1, -0.05) is 22.0 Å². The Kier molecular flexibility index (Phi) is 4.75. The number of aliphatic hydroxyl groups excluding tert-OH is 1. The number of halogens is 4. The van der Waals surface area contributed by atoms with Gasteiger partial charge in [-0.15, -0.1) is 11.3 Å². The van der Waals surface area contributed by atoms with Gasteiger partial charge in [0, 0.05) is 15.8 Å². The Labute approximate surface area is 132 Å². The zero-order chi connectivity index (χ0) is 15.8. The number of hydrogen-bond donors (Lipinski definition) is 1. The van der Waals surface area contributed by atoms with E-state index in [1.54, 1.807) is 0 Å². The lowest BCUT2D eigenvalue weighted by molar-refractivity contribution is -0.138. The van der Waals surface area contributed by atoms with Gasteiger partial charge in [-0.25, -0.2) is 4.98 Å². The molecule has 2 rings (SSSR count). The van der Waals surface area contributed by atoms with E-state index in [0.29, 0.717) is 5.01 Å². The van der Waals surface area contributed by atoms with Gasteiger partial charge in [0.15, 0.2) is 0 Å². The predicted molar refractivity (Wildman–Crippen MR) is 79.4 cm³/mol. The van der Waals surface area contributed by atoms with Crippen LogP contribution in [0, 0.1) is 13.8 Å². The first-order valence-corrected chi connectivity index (χ1v) is 7.77. The summed E-state index contributed by atoms with van der Waals surface area (Å²) in [7, 11) is 0. The minimum Gasteiger partial charge on any atom is -0.388 e. The third-order valence-corrected chi connectivity index (χ3v) is 4.91. The van der Waals surface area contributed by atoms with Crippen molar-refractivity contribution in [3.05, 3.63) is 49.4 Å². The van der Waals surface area contributed by atoms with Crippen LogP contribution in [0.15, 0.2) is 22.7 Å². The summed E-state index contributed by atoms with van der Waals surface area (Å²) in [4.78, 5) is 5.34. The summed E-state index contributed by atoms with van der Waals surface area (Å²) >= 11 is 4.33. The highest BCUT2D eigenvalue weighted by Gasteiger charge is 2.33. The van der Waals surface area contributed by atoms with Crippen LogP contribution < -0.4 is 0 Å². The molecule has 0 spiro atoms. The van der Waals surface area contributed by atoms with Crippen LogP contribution in [0.5, 0.6) is 0 Å². The van der Waals surface area contributed by atoms with E-state index < -0.39 is 17.8 Å². The zero-order valence-electron chi connectivity index (χ0n) is 11.3. The number of thiazole rings is 1. The lowest BCUT2D eigenvalue weighted by Crippen LogP contribution is -2.09. The molecule has 21 heavy (non-hydrogen) atoms. The summed E-state index contributed by atoms with van der Waals surface area (Å²) in [5, 5.41) is 10.9. The maximum Gasteiger partial charge on any atom is 0.417 e. The Balaban J connectivity index is 2.25. The highest BCUT2D eigenvalue weighted by molar-refractivity contribution is 9.10. The number of rotatable bonds is 3. The molecule has 1 heterocycles. The Morgan fingerprint density at radius 2 is 2.00 bits per heavy atom. The van der Waals surface area contributed by atoms with E-state index in [4.69, 9.17) is 0 Å². The number of aryl methyl sites for hydroxylation is 2. The van der Waals surface area contributed by atoms with E-state index in [2.05, 4.69) is 20.9 Å². The van der Waals surface area contributed by atoms with Crippen molar-refractivity contribution in [3.63, 3.8) is 0 Å². The molecule has 0 fully saturated rings. The van der Waals surface area contributed by atoms with Crippen LogP contribution in [0.1, 0.15) is 32.8 Å². The molecule has 1 aromatic carbocycles. The van der Waals surface area contributed by atoms with Gasteiger partial charge in [0.05, 0.1) is 22.4 Å². The first kappa shape index (κ1) is 16.5. The summed E-state index contributed by atoms with van der Waals surface area (Å²) in [6.45, 7) is 3.79. The smallest absolute Gasteiger partial charge is 0.388 e. The molecule has 1 N–H and O–H groups in total. The van der Waals surface area contributed by atoms with Crippen molar-refractivity contribution in [2.75, 3.05) is 0 Å². The van der Waals surface area contributed by atoms with Gasteiger partial charge in [0.25, 0.3) is 0 Å². The van der Waals surface area contributed by atoms with Crippen LogP contribution >= 0.6 is 27.3 Å². The maximum atomic E-state index is 12.9. The van der Waals surface area contributed by atoms with Gasteiger partial charge in [0.2, 0.25) is 0 Å². The van der Waals surface area contributed by atoms with Crippen LogP contribution in [0.25, 0.3) is 0 Å². The third-order valence-electron chi connectivity index (χ3n) is 3.12. The van der Waals surface area contributed by atoms with Crippen LogP contribution in [-0.4, -0.2) is 10.1 Å². The molecule has 0 amide bonds. The molecule has 0 aliphatic heterocycles. The van der Waals surface area contributed by atoms with Crippen molar-refractivity contribution in [2.45, 2.75) is 32.5 Å². The second kappa shape index (κ2) is 6.06. The monoisotopic (exact) mass is 379 g/mol. The molecule has 114 valence electrons.